The zero-order chi connectivity index (χ0) is 15.8. The minimum atomic E-state index is -4.75. The Kier molecular flexibility index (Phi) is 6.75. The molecule has 12 heteroatoms. The van der Waals surface area contributed by atoms with Crippen LogP contribution >= 0.6 is 7.82 Å². The average Bonchev–Trinajstić information content (AvgIpc) is 2.74. The van der Waals surface area contributed by atoms with Crippen LogP contribution in [-0.4, -0.2) is 72.8 Å². The standard InChI is InChI=1S/C10H15N2O8P.Na/c1-5-3-12(10(15)11-9(5)14)8-2-6(7(4-13)19-8)20-21(16,17)18;/h3,6-8,13H,2,4H2,1H3,(H,11,14,15)(H2,16,17,18);/t6-,7+,8+;/m0./s1. The maximum atomic E-state index is 11.7. The molecule has 0 saturated carbocycles. The summed E-state index contributed by atoms with van der Waals surface area (Å²) in [4.78, 5) is 42.8. The summed E-state index contributed by atoms with van der Waals surface area (Å²) in [5.74, 6) is 0. The van der Waals surface area contributed by atoms with E-state index in [4.69, 9.17) is 19.6 Å². The van der Waals surface area contributed by atoms with Gasteiger partial charge in [0.25, 0.3) is 5.56 Å². The maximum Gasteiger partial charge on any atom is 0.469 e. The van der Waals surface area contributed by atoms with E-state index in [1.165, 1.54) is 13.1 Å². The van der Waals surface area contributed by atoms with Crippen LogP contribution in [0.1, 0.15) is 18.2 Å². The smallest absolute Gasteiger partial charge is 0.394 e. The predicted octanol–water partition coefficient (Wildman–Crippen LogP) is -1.78. The van der Waals surface area contributed by atoms with Crippen LogP contribution in [0.25, 0.3) is 0 Å². The molecular weight excluding hydrogens is 330 g/mol. The molecule has 4 N–H and O–H groups in total. The molecule has 22 heavy (non-hydrogen) atoms. The van der Waals surface area contributed by atoms with Crippen LogP contribution < -0.4 is 11.2 Å². The molecule has 0 aliphatic carbocycles. The summed E-state index contributed by atoms with van der Waals surface area (Å²) in [5.41, 5.74) is -0.974. The molecule has 0 unspecified atom stereocenters. The molecule has 1 saturated heterocycles. The number of H-pyrrole nitrogens is 1. The fourth-order valence-corrected chi connectivity index (χ4v) is 2.70. The largest absolute Gasteiger partial charge is 0.469 e. The maximum absolute atomic E-state index is 11.7. The zero-order valence-electron chi connectivity index (χ0n) is 12.0. The molecule has 0 spiro atoms. The molecule has 2 heterocycles. The third-order valence-corrected chi connectivity index (χ3v) is 3.63. The fourth-order valence-electron chi connectivity index (χ4n) is 2.12. The number of nitrogens with zero attached hydrogens (tertiary/aromatic N) is 1. The minimum absolute atomic E-state index is 0. The van der Waals surface area contributed by atoms with E-state index >= 15 is 0 Å². The molecular formula is C10H15N2NaO8P. The Hall–Kier alpha value is -0.290. The van der Waals surface area contributed by atoms with Crippen LogP contribution in [0, 0.1) is 6.92 Å². The third-order valence-electron chi connectivity index (χ3n) is 3.09. The summed E-state index contributed by atoms with van der Waals surface area (Å²) >= 11 is 0. The van der Waals surface area contributed by atoms with E-state index in [9.17, 15) is 14.2 Å². The second-order valence-corrected chi connectivity index (χ2v) is 5.85. The number of phosphoric ester groups is 1. The Morgan fingerprint density at radius 2 is 2.14 bits per heavy atom. The van der Waals surface area contributed by atoms with Gasteiger partial charge in [0.15, 0.2) is 0 Å². The van der Waals surface area contributed by atoms with Crippen LogP contribution in [0.2, 0.25) is 0 Å². The second kappa shape index (κ2) is 7.52. The number of aromatic amines is 1. The Bertz CT molecular complexity index is 682. The summed E-state index contributed by atoms with van der Waals surface area (Å²) in [6, 6.07) is 0. The van der Waals surface area contributed by atoms with Crippen LogP contribution in [0.4, 0.5) is 0 Å². The number of aryl methyl sites for hydroxylation is 1. The van der Waals surface area contributed by atoms with E-state index < -0.39 is 44.1 Å². The molecule has 2 rings (SSSR count). The second-order valence-electron chi connectivity index (χ2n) is 4.66. The summed E-state index contributed by atoms with van der Waals surface area (Å²) in [6.45, 7) is 0.967. The molecule has 0 aromatic carbocycles. The topological polar surface area (TPSA) is 151 Å². The fraction of sp³-hybridized carbons (Fsp3) is 0.600. The van der Waals surface area contributed by atoms with Crippen molar-refractivity contribution in [2.75, 3.05) is 6.61 Å². The van der Waals surface area contributed by atoms with Gasteiger partial charge >= 0.3 is 13.5 Å². The summed E-state index contributed by atoms with van der Waals surface area (Å²) in [6.07, 6.45) is -1.73. The van der Waals surface area contributed by atoms with Crippen molar-refractivity contribution in [3.05, 3.63) is 32.6 Å². The molecule has 1 fully saturated rings. The van der Waals surface area contributed by atoms with Gasteiger partial charge in [-0.3, -0.25) is 18.9 Å². The molecule has 119 valence electrons. The Labute approximate surface area is 146 Å². The third kappa shape index (κ3) is 4.60. The normalized spacial score (nSPS) is 25.0. The molecule has 3 atom stereocenters. The first kappa shape index (κ1) is 19.8. The van der Waals surface area contributed by atoms with E-state index in [1.54, 1.807) is 0 Å². The Morgan fingerprint density at radius 1 is 1.50 bits per heavy atom. The van der Waals surface area contributed by atoms with Crippen molar-refractivity contribution in [2.45, 2.75) is 31.8 Å². The van der Waals surface area contributed by atoms with Gasteiger partial charge < -0.3 is 19.6 Å². The van der Waals surface area contributed by atoms with Crippen LogP contribution in [-0.2, 0) is 13.8 Å². The molecule has 1 radical (unpaired) electrons. The van der Waals surface area contributed by atoms with Gasteiger partial charge in [-0.1, -0.05) is 0 Å². The monoisotopic (exact) mass is 345 g/mol. The number of hydrogen-bond donors (Lipinski definition) is 4. The zero-order valence-corrected chi connectivity index (χ0v) is 14.9. The van der Waals surface area contributed by atoms with Gasteiger partial charge in [-0.15, -0.1) is 0 Å². The minimum Gasteiger partial charge on any atom is -0.394 e. The van der Waals surface area contributed by atoms with Gasteiger partial charge in [-0.25, -0.2) is 9.36 Å². The van der Waals surface area contributed by atoms with Crippen LogP contribution in [0.5, 0.6) is 0 Å². The van der Waals surface area contributed by atoms with Gasteiger partial charge in [-0.2, -0.15) is 0 Å². The number of nitrogens with one attached hydrogen (secondary N) is 1. The van der Waals surface area contributed by atoms with Crippen molar-refractivity contribution in [1.29, 1.82) is 0 Å². The van der Waals surface area contributed by atoms with E-state index in [1.807, 2.05) is 0 Å². The molecule has 1 aliphatic heterocycles. The van der Waals surface area contributed by atoms with Gasteiger partial charge in [0.2, 0.25) is 0 Å². The average molecular weight is 345 g/mol. The Balaban J connectivity index is 0.00000242. The molecule has 1 aliphatic rings. The van der Waals surface area contributed by atoms with Crippen molar-refractivity contribution >= 4 is 37.4 Å². The van der Waals surface area contributed by atoms with Crippen LogP contribution in [0.3, 0.4) is 0 Å². The predicted molar refractivity (Wildman–Crippen MR) is 74.3 cm³/mol. The Morgan fingerprint density at radius 3 is 2.68 bits per heavy atom. The van der Waals surface area contributed by atoms with E-state index in [2.05, 4.69) is 9.51 Å². The number of phosphoric acid groups is 1. The van der Waals surface area contributed by atoms with E-state index in [-0.39, 0.29) is 41.5 Å². The van der Waals surface area contributed by atoms with Crippen molar-refractivity contribution < 1.29 is 28.7 Å². The van der Waals surface area contributed by atoms with Crippen molar-refractivity contribution in [3.63, 3.8) is 0 Å². The number of aliphatic hydroxyl groups is 1. The van der Waals surface area contributed by atoms with Crippen molar-refractivity contribution in [2.24, 2.45) is 0 Å². The molecule has 1 aromatic rings. The number of ether oxygens (including phenoxy) is 1. The van der Waals surface area contributed by atoms with Crippen molar-refractivity contribution in [3.8, 4) is 0 Å². The van der Waals surface area contributed by atoms with Gasteiger partial charge in [-0.05, 0) is 6.92 Å². The molecule has 0 amide bonds. The summed E-state index contributed by atoms with van der Waals surface area (Å²) in [5, 5.41) is 9.16. The molecule has 1 aromatic heterocycles. The first-order valence-electron chi connectivity index (χ1n) is 6.03. The van der Waals surface area contributed by atoms with E-state index in [0.717, 1.165) is 4.57 Å². The summed E-state index contributed by atoms with van der Waals surface area (Å²) < 4.78 is 21.9. The van der Waals surface area contributed by atoms with Crippen molar-refractivity contribution in [1.82, 2.24) is 9.55 Å². The molecule has 10 nitrogen and oxygen atoms in total. The SMILES string of the molecule is Cc1cn([C@H]2C[C@H](OP(=O)(O)O)[C@@H](CO)O2)c(=O)[nH]c1=O.[Na]. The quantitative estimate of drug-likeness (QED) is 0.369. The van der Waals surface area contributed by atoms with Crippen LogP contribution in [0.15, 0.2) is 15.8 Å². The summed E-state index contributed by atoms with van der Waals surface area (Å²) in [7, 11) is -4.75. The van der Waals surface area contributed by atoms with Gasteiger partial charge in [0.1, 0.15) is 18.4 Å². The number of aliphatic hydroxyl groups excluding tert-OH is 1. The number of rotatable bonds is 4. The van der Waals surface area contributed by atoms with Gasteiger partial charge in [0.05, 0.1) is 6.61 Å². The number of hydrogen-bond acceptors (Lipinski definition) is 6. The van der Waals surface area contributed by atoms with Gasteiger partial charge in [0, 0.05) is 47.7 Å². The molecule has 0 bridgehead atoms. The number of aromatic nitrogens is 2. The first-order chi connectivity index (χ1) is 9.71. The first-order valence-corrected chi connectivity index (χ1v) is 7.56. The van der Waals surface area contributed by atoms with E-state index in [0.29, 0.717) is 0 Å².